The molecule has 9 heteroatoms. The highest BCUT2D eigenvalue weighted by molar-refractivity contribution is 5.67. The van der Waals surface area contributed by atoms with Crippen LogP contribution < -0.4 is 0 Å². The predicted octanol–water partition coefficient (Wildman–Crippen LogP) is 6.38. The van der Waals surface area contributed by atoms with Crippen molar-refractivity contribution in [3.63, 3.8) is 0 Å². The summed E-state index contributed by atoms with van der Waals surface area (Å²) < 4.78 is 6.55. The van der Waals surface area contributed by atoms with Crippen LogP contribution in [0.3, 0.4) is 0 Å². The second kappa shape index (κ2) is 21.2. The number of hydrogen-bond acceptors (Lipinski definition) is 5. The number of ether oxygens (including phenoxy) is 1. The van der Waals surface area contributed by atoms with Gasteiger partial charge < -0.3 is 25.2 Å². The number of carboxylic acids is 4. The first kappa shape index (κ1) is 35.4. The largest absolute Gasteiger partial charge is 0.481 e. The van der Waals surface area contributed by atoms with Crippen LogP contribution in [-0.2, 0) is 23.9 Å². The van der Waals surface area contributed by atoms with Crippen molar-refractivity contribution in [1.82, 2.24) is 0 Å². The van der Waals surface area contributed by atoms with Gasteiger partial charge in [0.1, 0.15) is 6.10 Å². The Hall–Kier alpha value is -2.60. The van der Waals surface area contributed by atoms with E-state index in [1.807, 2.05) is 0 Å². The number of aliphatic carboxylic acids is 4. The number of rotatable bonds is 24. The molecule has 9 nitrogen and oxygen atoms in total. The number of terminal acetylenes is 1. The fraction of sp³-hybridized carbons (Fsp3) is 0.806. The third-order valence-corrected chi connectivity index (χ3v) is 8.12. The third-order valence-electron chi connectivity index (χ3n) is 8.12. The van der Waals surface area contributed by atoms with Crippen molar-refractivity contribution in [2.24, 2.45) is 17.8 Å². The highest BCUT2D eigenvalue weighted by Crippen LogP contribution is 2.45. The van der Waals surface area contributed by atoms with E-state index in [0.29, 0.717) is 25.7 Å². The van der Waals surface area contributed by atoms with Gasteiger partial charge in [0, 0.05) is 25.7 Å². The Morgan fingerprint density at radius 1 is 0.500 bits per heavy atom. The highest BCUT2D eigenvalue weighted by atomic mass is 16.5. The molecule has 0 amide bonds. The first-order chi connectivity index (χ1) is 19.1. The summed E-state index contributed by atoms with van der Waals surface area (Å²) in [6.07, 6.45) is 18.8. The van der Waals surface area contributed by atoms with Gasteiger partial charge in [-0.1, -0.05) is 57.3 Å². The van der Waals surface area contributed by atoms with Gasteiger partial charge in [0.2, 0.25) is 0 Å². The van der Waals surface area contributed by atoms with E-state index in [0.717, 1.165) is 77.0 Å². The van der Waals surface area contributed by atoms with Gasteiger partial charge in [0.25, 0.3) is 0 Å². The Kier molecular flexibility index (Phi) is 18.8. The lowest BCUT2D eigenvalue weighted by molar-refractivity contribution is -0.138. The topological polar surface area (TPSA) is 158 Å². The normalized spacial score (nSPS) is 22.4. The van der Waals surface area contributed by atoms with E-state index < -0.39 is 23.9 Å². The Balaban J connectivity index is 3.00. The van der Waals surface area contributed by atoms with Gasteiger partial charge >= 0.3 is 23.9 Å². The maximum atomic E-state index is 11.0. The Labute approximate surface area is 239 Å². The van der Waals surface area contributed by atoms with E-state index in [1.54, 1.807) is 0 Å². The molecule has 0 unspecified atom stereocenters. The van der Waals surface area contributed by atoms with Crippen molar-refractivity contribution >= 4 is 23.9 Å². The molecule has 1 heterocycles. The van der Waals surface area contributed by atoms with Crippen LogP contribution in [-0.4, -0.2) is 56.5 Å². The SMILES string of the molecule is C#C[C@H]1O[C@H](CCCCCC(=O)O)[C@@H](CCCCCC(=O)O)[C@@H](CCCCCC(=O)O)[C@H]1CCCCCC(=O)O. The lowest BCUT2D eigenvalue weighted by Crippen LogP contribution is -2.47. The van der Waals surface area contributed by atoms with E-state index in [2.05, 4.69) is 5.92 Å². The lowest BCUT2D eigenvalue weighted by Gasteiger charge is -2.47. The number of carbonyl (C=O) groups is 4. The molecule has 1 aliphatic rings. The standard InChI is InChI=1S/C31H50O9/c1-2-26-24(16-8-4-12-20-29(34)35)23(15-7-3-11-19-28(32)33)25(17-9-5-13-21-30(36)37)27(40-26)18-10-6-14-22-31(38)39/h1,23-27H,3-22H2,(H,32,33)(H,34,35)(H,36,37)(H,38,39)/t23-,24+,25-,26+,27+/m0/s1. The van der Waals surface area contributed by atoms with Crippen LogP contribution in [0.5, 0.6) is 0 Å². The molecule has 1 fully saturated rings. The zero-order valence-electron chi connectivity index (χ0n) is 23.9. The molecule has 1 rings (SSSR count). The van der Waals surface area contributed by atoms with Crippen molar-refractivity contribution in [1.29, 1.82) is 0 Å². The molecule has 0 aromatic heterocycles. The summed E-state index contributed by atoms with van der Waals surface area (Å²) in [6.45, 7) is 0. The second-order valence-corrected chi connectivity index (χ2v) is 11.2. The van der Waals surface area contributed by atoms with Crippen LogP contribution in [0, 0.1) is 30.1 Å². The molecule has 0 saturated carbocycles. The zero-order chi connectivity index (χ0) is 29.8. The molecule has 1 aliphatic heterocycles. The molecule has 0 aromatic carbocycles. The molecule has 0 aromatic rings. The molecule has 40 heavy (non-hydrogen) atoms. The fourth-order valence-electron chi connectivity index (χ4n) is 6.14. The molecule has 0 bridgehead atoms. The zero-order valence-corrected chi connectivity index (χ0v) is 23.9. The average molecular weight is 567 g/mol. The number of unbranched alkanes of at least 4 members (excludes halogenated alkanes) is 8. The number of hydrogen-bond donors (Lipinski definition) is 4. The van der Waals surface area contributed by atoms with Crippen LogP contribution in [0.1, 0.15) is 128 Å². The van der Waals surface area contributed by atoms with Crippen LogP contribution in [0.2, 0.25) is 0 Å². The van der Waals surface area contributed by atoms with Crippen LogP contribution in [0.4, 0.5) is 0 Å². The van der Waals surface area contributed by atoms with Crippen LogP contribution >= 0.6 is 0 Å². The third kappa shape index (κ3) is 15.9. The molecule has 0 spiro atoms. The van der Waals surface area contributed by atoms with Gasteiger partial charge in [-0.15, -0.1) is 6.42 Å². The quantitative estimate of drug-likeness (QED) is 0.0768. The van der Waals surface area contributed by atoms with Crippen LogP contribution in [0.25, 0.3) is 0 Å². The molecule has 228 valence electrons. The molecule has 4 N–H and O–H groups in total. The van der Waals surface area contributed by atoms with E-state index in [-0.39, 0.29) is 55.6 Å². The van der Waals surface area contributed by atoms with E-state index in [4.69, 9.17) is 31.6 Å². The minimum atomic E-state index is -0.797. The summed E-state index contributed by atoms with van der Waals surface area (Å²) in [6, 6.07) is 0. The first-order valence-electron chi connectivity index (χ1n) is 15.1. The van der Waals surface area contributed by atoms with Crippen molar-refractivity contribution in [3.8, 4) is 12.3 Å². The van der Waals surface area contributed by atoms with Gasteiger partial charge in [-0.3, -0.25) is 19.2 Å². The van der Waals surface area contributed by atoms with E-state index in [1.165, 1.54) is 0 Å². The molecule has 0 aliphatic carbocycles. The monoisotopic (exact) mass is 566 g/mol. The summed E-state index contributed by atoms with van der Waals surface area (Å²) >= 11 is 0. The van der Waals surface area contributed by atoms with Gasteiger partial charge in [-0.2, -0.15) is 0 Å². The smallest absolute Gasteiger partial charge is 0.303 e. The lowest BCUT2D eigenvalue weighted by atomic mass is 9.67. The number of carboxylic acid groups (broad SMARTS) is 4. The van der Waals surface area contributed by atoms with Crippen LogP contribution in [0.15, 0.2) is 0 Å². The van der Waals surface area contributed by atoms with E-state index in [9.17, 15) is 19.2 Å². The first-order valence-corrected chi connectivity index (χ1v) is 15.1. The molecule has 0 radical (unpaired) electrons. The maximum Gasteiger partial charge on any atom is 0.303 e. The average Bonchev–Trinajstić information content (AvgIpc) is 2.88. The van der Waals surface area contributed by atoms with Gasteiger partial charge in [-0.25, -0.2) is 0 Å². The second-order valence-electron chi connectivity index (χ2n) is 11.2. The van der Waals surface area contributed by atoms with Gasteiger partial charge in [-0.05, 0) is 69.1 Å². The minimum Gasteiger partial charge on any atom is -0.481 e. The Morgan fingerprint density at radius 3 is 1.23 bits per heavy atom. The molecule has 5 atom stereocenters. The highest BCUT2D eigenvalue weighted by Gasteiger charge is 2.43. The minimum absolute atomic E-state index is 0.0577. The summed E-state index contributed by atoms with van der Waals surface area (Å²) in [5.41, 5.74) is 0. The molecular formula is C31H50O9. The van der Waals surface area contributed by atoms with Gasteiger partial charge in [0.15, 0.2) is 0 Å². The summed E-state index contributed by atoms with van der Waals surface area (Å²) in [4.78, 5) is 43.7. The molecular weight excluding hydrogens is 516 g/mol. The van der Waals surface area contributed by atoms with Gasteiger partial charge in [0.05, 0.1) is 6.10 Å². The summed E-state index contributed by atoms with van der Waals surface area (Å²) in [7, 11) is 0. The van der Waals surface area contributed by atoms with Crippen molar-refractivity contribution in [3.05, 3.63) is 0 Å². The Bertz CT molecular complexity index is 803. The van der Waals surface area contributed by atoms with Crippen molar-refractivity contribution < 1.29 is 44.3 Å². The predicted molar refractivity (Wildman–Crippen MR) is 151 cm³/mol. The maximum absolute atomic E-state index is 11.0. The summed E-state index contributed by atoms with van der Waals surface area (Å²) in [5, 5.41) is 35.9. The Morgan fingerprint density at radius 2 is 0.850 bits per heavy atom. The van der Waals surface area contributed by atoms with Crippen molar-refractivity contribution in [2.75, 3.05) is 0 Å². The fourth-order valence-corrected chi connectivity index (χ4v) is 6.14. The summed E-state index contributed by atoms with van der Waals surface area (Å²) in [5.74, 6) is 0.343. The van der Waals surface area contributed by atoms with Crippen molar-refractivity contribution in [2.45, 2.75) is 141 Å². The molecule has 1 saturated heterocycles. The van der Waals surface area contributed by atoms with E-state index >= 15 is 0 Å².